The van der Waals surface area contributed by atoms with Gasteiger partial charge in [-0.3, -0.25) is 4.98 Å². The van der Waals surface area contributed by atoms with E-state index >= 15 is 0 Å². The molecule has 10 nitrogen and oxygen atoms in total. The van der Waals surface area contributed by atoms with Crippen LogP contribution in [-0.4, -0.2) is 60.9 Å². The second kappa shape index (κ2) is 12.9. The molecule has 0 bridgehead atoms. The predicted molar refractivity (Wildman–Crippen MR) is 144 cm³/mol. The Balaban J connectivity index is 1.52. The van der Waals surface area contributed by atoms with E-state index in [1.807, 2.05) is 44.2 Å². The van der Waals surface area contributed by atoms with Gasteiger partial charge < -0.3 is 24.6 Å². The maximum atomic E-state index is 13.7. The van der Waals surface area contributed by atoms with Crippen LogP contribution in [0.25, 0.3) is 0 Å². The standard InChI is InChI=1S/C28H33N3O7S/c1-20(2)16-31(39(34,35)23-10-11-26-27(14-23)38-19-37-26)17-25(32)24(13-21-7-4-3-5-8-21)30-28(33)36-18-22-9-6-12-29-15-22/h3-12,14-15,20,24-25,32H,13,16-19H2,1-2H3,(H,30,33). The number of aromatic nitrogens is 1. The van der Waals surface area contributed by atoms with E-state index in [-0.39, 0.29) is 43.7 Å². The fourth-order valence-corrected chi connectivity index (χ4v) is 5.81. The Kier molecular flexibility index (Phi) is 9.39. The third-order valence-corrected chi connectivity index (χ3v) is 7.93. The molecule has 0 saturated heterocycles. The molecular weight excluding hydrogens is 522 g/mol. The van der Waals surface area contributed by atoms with Crippen LogP contribution in [0.4, 0.5) is 4.79 Å². The van der Waals surface area contributed by atoms with E-state index in [4.69, 9.17) is 14.2 Å². The molecule has 2 aromatic carbocycles. The normalized spacial score (nSPS) is 14.3. The Morgan fingerprint density at radius 2 is 1.79 bits per heavy atom. The molecule has 1 aliphatic rings. The zero-order chi connectivity index (χ0) is 27.8. The van der Waals surface area contributed by atoms with Gasteiger partial charge in [-0.15, -0.1) is 0 Å². The van der Waals surface area contributed by atoms with E-state index in [1.165, 1.54) is 16.4 Å². The summed E-state index contributed by atoms with van der Waals surface area (Å²) >= 11 is 0. The highest BCUT2D eigenvalue weighted by Gasteiger charge is 2.32. The Hall–Kier alpha value is -3.67. The lowest BCUT2D eigenvalue weighted by atomic mass is 10.0. The molecule has 0 radical (unpaired) electrons. The zero-order valence-corrected chi connectivity index (χ0v) is 22.7. The van der Waals surface area contributed by atoms with Gasteiger partial charge in [0.05, 0.1) is 17.0 Å². The number of nitrogens with zero attached hydrogens (tertiary/aromatic N) is 2. The van der Waals surface area contributed by atoms with Crippen molar-refractivity contribution in [3.63, 3.8) is 0 Å². The number of alkyl carbamates (subject to hydrolysis) is 1. The number of rotatable bonds is 12. The summed E-state index contributed by atoms with van der Waals surface area (Å²) in [5.41, 5.74) is 1.58. The minimum absolute atomic E-state index is 0.00575. The fraction of sp³-hybridized carbons (Fsp3) is 0.357. The third kappa shape index (κ3) is 7.69. The number of carbonyl (C=O) groups excluding carboxylic acids is 1. The van der Waals surface area contributed by atoms with Crippen LogP contribution in [0.15, 0.2) is 78.0 Å². The van der Waals surface area contributed by atoms with Crippen molar-refractivity contribution < 1.29 is 32.5 Å². The van der Waals surface area contributed by atoms with Gasteiger partial charge in [-0.05, 0) is 36.1 Å². The monoisotopic (exact) mass is 555 g/mol. The van der Waals surface area contributed by atoms with Gasteiger partial charge in [-0.1, -0.05) is 50.2 Å². The largest absolute Gasteiger partial charge is 0.454 e. The first kappa shape index (κ1) is 28.3. The summed E-state index contributed by atoms with van der Waals surface area (Å²) in [7, 11) is -4.01. The molecule has 2 atom stereocenters. The first-order valence-corrected chi connectivity index (χ1v) is 14.1. The maximum Gasteiger partial charge on any atom is 0.407 e. The van der Waals surface area contributed by atoms with Gasteiger partial charge >= 0.3 is 6.09 Å². The summed E-state index contributed by atoms with van der Waals surface area (Å²) in [6, 6.07) is 16.5. The predicted octanol–water partition coefficient (Wildman–Crippen LogP) is 3.36. The molecule has 1 amide bonds. The highest BCUT2D eigenvalue weighted by atomic mass is 32.2. The summed E-state index contributed by atoms with van der Waals surface area (Å²) in [5.74, 6) is 0.799. The molecular formula is C28H33N3O7S. The molecule has 11 heteroatoms. The van der Waals surface area contributed by atoms with E-state index in [0.29, 0.717) is 17.1 Å². The summed E-state index contributed by atoms with van der Waals surface area (Å²) in [5, 5.41) is 14.1. The van der Waals surface area contributed by atoms with E-state index in [9.17, 15) is 18.3 Å². The van der Waals surface area contributed by atoms with Crippen molar-refractivity contribution >= 4 is 16.1 Å². The van der Waals surface area contributed by atoms with Crippen molar-refractivity contribution in [3.05, 3.63) is 84.2 Å². The van der Waals surface area contributed by atoms with Crippen molar-refractivity contribution in [1.82, 2.24) is 14.6 Å². The number of hydrogen-bond acceptors (Lipinski definition) is 8. The number of aliphatic hydroxyl groups excluding tert-OH is 1. The van der Waals surface area contributed by atoms with Crippen molar-refractivity contribution in [2.45, 2.75) is 43.9 Å². The number of ether oxygens (including phenoxy) is 3. The van der Waals surface area contributed by atoms with Gasteiger partial charge in [-0.25, -0.2) is 13.2 Å². The van der Waals surface area contributed by atoms with Crippen molar-refractivity contribution in [2.24, 2.45) is 5.92 Å². The average molecular weight is 556 g/mol. The van der Waals surface area contributed by atoms with Gasteiger partial charge in [0.2, 0.25) is 16.8 Å². The molecule has 1 aromatic heterocycles. The first-order chi connectivity index (χ1) is 18.7. The number of fused-ring (bicyclic) bond motifs is 1. The number of benzene rings is 2. The second-order valence-electron chi connectivity index (χ2n) is 9.68. The highest BCUT2D eigenvalue weighted by Crippen LogP contribution is 2.34. The van der Waals surface area contributed by atoms with Crippen LogP contribution >= 0.6 is 0 Å². The zero-order valence-electron chi connectivity index (χ0n) is 21.9. The van der Waals surface area contributed by atoms with Crippen LogP contribution in [0, 0.1) is 5.92 Å². The molecule has 2 heterocycles. The van der Waals surface area contributed by atoms with Gasteiger partial charge in [0.15, 0.2) is 11.5 Å². The maximum absolute atomic E-state index is 13.7. The molecule has 0 spiro atoms. The Bertz CT molecular complexity index is 1340. The lowest BCUT2D eigenvalue weighted by molar-refractivity contribution is 0.0873. The number of sulfonamides is 1. The minimum atomic E-state index is -4.01. The Morgan fingerprint density at radius 1 is 1.05 bits per heavy atom. The lowest BCUT2D eigenvalue weighted by Gasteiger charge is -2.30. The number of hydrogen-bond donors (Lipinski definition) is 2. The number of amides is 1. The summed E-state index contributed by atoms with van der Waals surface area (Å²) < 4.78 is 44.6. The van der Waals surface area contributed by atoms with Gasteiger partial charge in [-0.2, -0.15) is 4.31 Å². The SMILES string of the molecule is CC(C)CN(CC(O)C(Cc1ccccc1)NC(=O)OCc1cccnc1)S(=O)(=O)c1ccc2c(c1)OCO2. The number of nitrogens with one attached hydrogen (secondary N) is 1. The molecule has 3 aromatic rings. The van der Waals surface area contributed by atoms with E-state index in [0.717, 1.165) is 5.56 Å². The van der Waals surface area contributed by atoms with Crippen LogP contribution in [0.3, 0.4) is 0 Å². The number of aliphatic hydroxyl groups is 1. The van der Waals surface area contributed by atoms with E-state index in [2.05, 4.69) is 10.3 Å². The average Bonchev–Trinajstić information content (AvgIpc) is 3.40. The fourth-order valence-electron chi connectivity index (χ4n) is 4.18. The van der Waals surface area contributed by atoms with E-state index in [1.54, 1.807) is 30.6 Å². The molecule has 2 N–H and O–H groups in total. The molecule has 1 aliphatic heterocycles. The Morgan fingerprint density at radius 3 is 2.51 bits per heavy atom. The van der Waals surface area contributed by atoms with E-state index < -0.39 is 28.3 Å². The summed E-state index contributed by atoms with van der Waals surface area (Å²) in [6.45, 7) is 3.74. The summed E-state index contributed by atoms with van der Waals surface area (Å²) in [6.07, 6.45) is 1.51. The molecule has 0 saturated carbocycles. The molecule has 2 unspecified atom stereocenters. The Labute approximate surface area is 228 Å². The topological polar surface area (TPSA) is 127 Å². The van der Waals surface area contributed by atoms with Crippen molar-refractivity contribution in [3.8, 4) is 11.5 Å². The minimum Gasteiger partial charge on any atom is -0.454 e. The van der Waals surface area contributed by atoms with Gasteiger partial charge in [0.1, 0.15) is 6.61 Å². The van der Waals surface area contributed by atoms with Crippen LogP contribution in [-0.2, 0) is 27.8 Å². The smallest absolute Gasteiger partial charge is 0.407 e. The first-order valence-electron chi connectivity index (χ1n) is 12.7. The van der Waals surface area contributed by atoms with Crippen LogP contribution in [0.5, 0.6) is 11.5 Å². The van der Waals surface area contributed by atoms with Gasteiger partial charge in [0.25, 0.3) is 0 Å². The van der Waals surface area contributed by atoms with Gasteiger partial charge in [0, 0.05) is 37.1 Å². The molecule has 0 fully saturated rings. The summed E-state index contributed by atoms with van der Waals surface area (Å²) in [4.78, 5) is 16.7. The van der Waals surface area contributed by atoms with Crippen LogP contribution < -0.4 is 14.8 Å². The van der Waals surface area contributed by atoms with Crippen molar-refractivity contribution in [1.29, 1.82) is 0 Å². The number of pyridine rings is 1. The third-order valence-electron chi connectivity index (χ3n) is 6.10. The number of carbonyl (C=O) groups is 1. The molecule has 4 rings (SSSR count). The van der Waals surface area contributed by atoms with Crippen LogP contribution in [0.2, 0.25) is 0 Å². The molecule has 0 aliphatic carbocycles. The molecule has 39 heavy (non-hydrogen) atoms. The second-order valence-corrected chi connectivity index (χ2v) is 11.6. The molecule has 208 valence electrons. The van der Waals surface area contributed by atoms with Crippen molar-refractivity contribution in [2.75, 3.05) is 19.9 Å². The quantitative estimate of drug-likeness (QED) is 0.348. The lowest BCUT2D eigenvalue weighted by Crippen LogP contribution is -2.51. The highest BCUT2D eigenvalue weighted by molar-refractivity contribution is 7.89. The van der Waals surface area contributed by atoms with Crippen LogP contribution in [0.1, 0.15) is 25.0 Å².